The number of rotatable bonds is 2. The van der Waals surface area contributed by atoms with Crippen LogP contribution in [0.5, 0.6) is 0 Å². The Kier molecular flexibility index (Phi) is 9.88. The fourth-order valence-corrected chi connectivity index (χ4v) is 0.178. The summed E-state index contributed by atoms with van der Waals surface area (Å²) in [7, 11) is -3.10. The van der Waals surface area contributed by atoms with E-state index in [-0.39, 0.29) is 51.4 Å². The van der Waals surface area contributed by atoms with Gasteiger partial charge in [0.05, 0.1) is 11.0 Å². The van der Waals surface area contributed by atoms with Crippen LogP contribution in [0, 0.1) is 0 Å². The molecule has 0 rings (SSSR count). The minimum Gasteiger partial charge on any atom is -0.397 e. The molecule has 0 saturated carbocycles. The zero-order chi connectivity index (χ0) is 5.86. The van der Waals surface area contributed by atoms with E-state index in [2.05, 4.69) is 4.18 Å². The maximum atomic E-state index is 10.7. The van der Waals surface area contributed by atoms with E-state index in [1.54, 1.807) is 0 Å². The molecule has 3 nitrogen and oxygen atoms in total. The molecule has 0 aliphatic heterocycles. The third kappa shape index (κ3) is 10.4. The van der Waals surface area contributed by atoms with Crippen LogP contribution in [0.2, 0.25) is 0 Å². The molecule has 0 bridgehead atoms. The molecule has 0 heterocycles. The Balaban J connectivity index is 0. The van der Waals surface area contributed by atoms with Gasteiger partial charge in [-0.1, -0.05) is 0 Å². The van der Waals surface area contributed by atoms with Crippen molar-refractivity contribution in [2.45, 2.75) is 6.61 Å². The van der Waals surface area contributed by atoms with E-state index in [9.17, 15) is 8.78 Å². The van der Waals surface area contributed by atoms with E-state index in [1.165, 1.54) is 0 Å². The van der Waals surface area contributed by atoms with Crippen LogP contribution >= 0.6 is 0 Å². The fraction of sp³-hybridized carbons (Fsp3) is 1.00. The van der Waals surface area contributed by atoms with E-state index < -0.39 is 17.6 Å². The zero-order valence-corrected chi connectivity index (χ0v) is 7.91. The Morgan fingerprint density at radius 2 is 1.75 bits per heavy atom. The minimum absolute atomic E-state index is 0. The van der Waals surface area contributed by atoms with Gasteiger partial charge in [0.1, 0.15) is 0 Å². The first-order valence-corrected chi connectivity index (χ1v) is 2.17. The van der Waals surface area contributed by atoms with Crippen molar-refractivity contribution in [3.8, 4) is 0 Å². The van der Waals surface area contributed by atoms with Crippen LogP contribution in [0.3, 0.4) is 0 Å². The SMILES string of the molecule is O=[S-](=O)OC(F)F.[K+]. The standard InChI is InChI=1S/CHF2O3S.K/c2-1(3)6-7(4)5;/h1H;/q-1;+1. The molecule has 0 aliphatic rings. The van der Waals surface area contributed by atoms with E-state index in [4.69, 9.17) is 8.42 Å². The molecule has 0 radical (unpaired) electrons. The fourth-order valence-electron chi connectivity index (χ4n) is 0.0594. The Hall–Kier alpha value is 1.41. The van der Waals surface area contributed by atoms with Gasteiger partial charge in [-0.05, 0) is 0 Å². The van der Waals surface area contributed by atoms with Crippen molar-refractivity contribution < 1.29 is 72.8 Å². The molecule has 0 aromatic carbocycles. The predicted molar refractivity (Wildman–Crippen MR) is 15.8 cm³/mol. The smallest absolute Gasteiger partial charge is 0.397 e. The molecule has 8 heavy (non-hydrogen) atoms. The van der Waals surface area contributed by atoms with Crippen LogP contribution in [0.15, 0.2) is 0 Å². The summed E-state index contributed by atoms with van der Waals surface area (Å²) in [6, 6.07) is 0. The van der Waals surface area contributed by atoms with Crippen LogP contribution in [0.1, 0.15) is 0 Å². The van der Waals surface area contributed by atoms with Crippen LogP contribution in [-0.4, -0.2) is 6.61 Å². The second-order valence-electron chi connectivity index (χ2n) is 0.561. The molecular weight excluding hydrogens is 169 g/mol. The van der Waals surface area contributed by atoms with Crippen molar-refractivity contribution in [2.75, 3.05) is 0 Å². The summed E-state index contributed by atoms with van der Waals surface area (Å²) in [4.78, 5) is 0. The van der Waals surface area contributed by atoms with Crippen LogP contribution < -0.4 is 51.4 Å². The summed E-state index contributed by atoms with van der Waals surface area (Å²) in [5.41, 5.74) is 0. The van der Waals surface area contributed by atoms with Crippen molar-refractivity contribution in [1.29, 1.82) is 0 Å². The first kappa shape index (κ1) is 12.1. The molecule has 0 fully saturated rings. The van der Waals surface area contributed by atoms with Crippen molar-refractivity contribution in [3.63, 3.8) is 0 Å². The maximum absolute atomic E-state index is 10.7. The van der Waals surface area contributed by atoms with Crippen LogP contribution in [0.4, 0.5) is 8.78 Å². The first-order valence-electron chi connectivity index (χ1n) is 1.17. The number of halogens is 2. The first-order chi connectivity index (χ1) is 3.13. The van der Waals surface area contributed by atoms with Gasteiger partial charge in [-0.15, -0.1) is 0 Å². The minimum atomic E-state index is -3.24. The van der Waals surface area contributed by atoms with Crippen molar-refractivity contribution in [2.24, 2.45) is 0 Å². The number of hydrogen-bond donors (Lipinski definition) is 0. The summed E-state index contributed by atoms with van der Waals surface area (Å²) in [6.45, 7) is -3.24. The third-order valence-electron chi connectivity index (χ3n) is 0.151. The topological polar surface area (TPSA) is 43.4 Å². The summed E-state index contributed by atoms with van der Waals surface area (Å²) in [5.74, 6) is 0. The number of hydrogen-bond acceptors (Lipinski definition) is 4. The normalized spacial score (nSPS) is 9.50. The molecule has 0 atom stereocenters. The van der Waals surface area contributed by atoms with E-state index in [1.807, 2.05) is 0 Å². The average molecular weight is 170 g/mol. The van der Waals surface area contributed by atoms with Crippen LogP contribution in [-0.2, 0) is 23.6 Å². The molecule has 7 heteroatoms. The Morgan fingerprint density at radius 3 is 1.75 bits per heavy atom. The van der Waals surface area contributed by atoms with Gasteiger partial charge in [-0.25, -0.2) is 0 Å². The van der Waals surface area contributed by atoms with Crippen molar-refractivity contribution in [3.05, 3.63) is 0 Å². The van der Waals surface area contributed by atoms with Gasteiger partial charge in [-0.2, -0.15) is 8.78 Å². The van der Waals surface area contributed by atoms with Gasteiger partial charge in [0, 0.05) is 0 Å². The van der Waals surface area contributed by atoms with Gasteiger partial charge in [0.2, 0.25) is 0 Å². The molecule has 0 aliphatic carbocycles. The monoisotopic (exact) mass is 170 g/mol. The molecule has 0 unspecified atom stereocenters. The summed E-state index contributed by atoms with van der Waals surface area (Å²) in [6.07, 6.45) is 0. The quantitative estimate of drug-likeness (QED) is 0.338. The van der Waals surface area contributed by atoms with E-state index in [0.29, 0.717) is 0 Å². The van der Waals surface area contributed by atoms with E-state index >= 15 is 0 Å². The third-order valence-corrected chi connectivity index (χ3v) is 0.454. The molecule has 0 saturated heterocycles. The van der Waals surface area contributed by atoms with Gasteiger partial charge in [-0.3, -0.25) is 0 Å². The average Bonchev–Trinajstić information content (AvgIpc) is 1.27. The largest absolute Gasteiger partial charge is 1.00 e. The zero-order valence-electron chi connectivity index (χ0n) is 3.97. The molecule has 44 valence electrons. The Bertz CT molecular complexity index is 104. The van der Waals surface area contributed by atoms with Crippen molar-refractivity contribution >= 4 is 11.0 Å². The molecular formula is CHF2KO3S. The molecule has 0 spiro atoms. The Labute approximate surface area is 89.0 Å². The van der Waals surface area contributed by atoms with Gasteiger partial charge in [0.25, 0.3) is 0 Å². The second kappa shape index (κ2) is 6.53. The summed E-state index contributed by atoms with van der Waals surface area (Å²) < 4.78 is 42.4. The summed E-state index contributed by atoms with van der Waals surface area (Å²) >= 11 is 0. The summed E-state index contributed by atoms with van der Waals surface area (Å²) in [5, 5.41) is 0. The molecule has 0 aromatic rings. The Morgan fingerprint density at radius 1 is 1.38 bits per heavy atom. The van der Waals surface area contributed by atoms with Gasteiger partial charge >= 0.3 is 58.0 Å². The number of alkyl halides is 2. The second-order valence-corrected chi connectivity index (χ2v) is 1.16. The van der Waals surface area contributed by atoms with Gasteiger partial charge in [0.15, 0.2) is 0 Å². The van der Waals surface area contributed by atoms with Crippen LogP contribution in [0.25, 0.3) is 0 Å². The molecule has 0 aromatic heterocycles. The van der Waals surface area contributed by atoms with Gasteiger partial charge < -0.3 is 12.6 Å². The van der Waals surface area contributed by atoms with E-state index in [0.717, 1.165) is 0 Å². The van der Waals surface area contributed by atoms with Crippen molar-refractivity contribution in [1.82, 2.24) is 0 Å². The maximum Gasteiger partial charge on any atom is 1.00 e. The molecule has 0 N–H and O–H groups in total. The molecule has 0 amide bonds. The predicted octanol–water partition coefficient (Wildman–Crippen LogP) is -2.55.